The maximum absolute atomic E-state index is 12.9. The number of hydrogen-bond donors (Lipinski definition) is 1. The molecule has 2 atom stereocenters. The Morgan fingerprint density at radius 1 is 1.20 bits per heavy atom. The lowest BCUT2D eigenvalue weighted by Gasteiger charge is -2.15. The Balaban J connectivity index is 2.48. The molecule has 138 valence electrons. The molecule has 25 heavy (non-hydrogen) atoms. The van der Waals surface area contributed by atoms with E-state index < -0.39 is 33.8 Å². The van der Waals surface area contributed by atoms with E-state index in [1.807, 2.05) is 0 Å². The predicted molar refractivity (Wildman–Crippen MR) is 86.0 cm³/mol. The topological polar surface area (TPSA) is 127 Å². The molecule has 0 amide bonds. The zero-order valence-corrected chi connectivity index (χ0v) is 15.3. The molecule has 1 aromatic heterocycles. The van der Waals surface area contributed by atoms with Crippen molar-refractivity contribution >= 4 is 39.3 Å². The van der Waals surface area contributed by atoms with Crippen LogP contribution in [0.1, 0.15) is 26.3 Å². The third-order valence-corrected chi connectivity index (χ3v) is 7.05. The maximum atomic E-state index is 12.9. The molecule has 0 aromatic carbocycles. The fraction of sp³-hybridized carbons (Fsp3) is 0.500. The normalized spacial score (nSPS) is 21.1. The van der Waals surface area contributed by atoms with Crippen molar-refractivity contribution in [3.63, 3.8) is 0 Å². The third kappa shape index (κ3) is 3.53. The summed E-state index contributed by atoms with van der Waals surface area (Å²) < 4.78 is 35.9. The SMILES string of the molecule is COC(=O)c1cc(S(=O)(=O)N2C[C@@H](C)[C@H](C(=O)O)C2)c(C(=O)OC)s1. The van der Waals surface area contributed by atoms with Gasteiger partial charge in [0, 0.05) is 13.1 Å². The van der Waals surface area contributed by atoms with Crippen LogP contribution in [-0.2, 0) is 24.3 Å². The van der Waals surface area contributed by atoms with Crippen molar-refractivity contribution in [1.29, 1.82) is 0 Å². The monoisotopic (exact) mass is 391 g/mol. The van der Waals surface area contributed by atoms with Crippen LogP contribution in [0.5, 0.6) is 0 Å². The molecular formula is C14H17NO8S2. The van der Waals surface area contributed by atoms with Gasteiger partial charge in [0.2, 0.25) is 10.0 Å². The van der Waals surface area contributed by atoms with Crippen LogP contribution in [0.3, 0.4) is 0 Å². The molecule has 0 spiro atoms. The number of carbonyl (C=O) groups is 3. The minimum absolute atomic E-state index is 0.00329. The summed E-state index contributed by atoms with van der Waals surface area (Å²) in [5.41, 5.74) is 0. The van der Waals surface area contributed by atoms with Gasteiger partial charge in [0.15, 0.2) is 0 Å². The first-order valence-corrected chi connectivity index (χ1v) is 9.42. The Morgan fingerprint density at radius 2 is 1.80 bits per heavy atom. The molecule has 9 nitrogen and oxygen atoms in total. The zero-order valence-electron chi connectivity index (χ0n) is 13.7. The number of aliphatic carboxylic acids is 1. The summed E-state index contributed by atoms with van der Waals surface area (Å²) in [6.45, 7) is 1.44. The van der Waals surface area contributed by atoms with Crippen LogP contribution in [0.2, 0.25) is 0 Å². The number of sulfonamides is 1. The first kappa shape index (κ1) is 19.3. The van der Waals surface area contributed by atoms with Gasteiger partial charge in [0.05, 0.1) is 20.1 Å². The summed E-state index contributed by atoms with van der Waals surface area (Å²) in [6.07, 6.45) is 0. The lowest BCUT2D eigenvalue weighted by atomic mass is 9.99. The van der Waals surface area contributed by atoms with Crippen LogP contribution >= 0.6 is 11.3 Å². The molecule has 0 aliphatic carbocycles. The zero-order chi connectivity index (χ0) is 18.9. The van der Waals surface area contributed by atoms with E-state index in [9.17, 15) is 27.9 Å². The highest BCUT2D eigenvalue weighted by molar-refractivity contribution is 7.89. The second-order valence-corrected chi connectivity index (χ2v) is 8.49. The third-order valence-electron chi connectivity index (χ3n) is 3.97. The highest BCUT2D eigenvalue weighted by Gasteiger charge is 2.42. The number of carbonyl (C=O) groups excluding carboxylic acids is 2. The van der Waals surface area contributed by atoms with E-state index in [2.05, 4.69) is 9.47 Å². The molecule has 0 unspecified atom stereocenters. The minimum atomic E-state index is -4.17. The summed E-state index contributed by atoms with van der Waals surface area (Å²) >= 11 is 0.647. The van der Waals surface area contributed by atoms with Crippen LogP contribution in [0.15, 0.2) is 11.0 Å². The molecule has 1 saturated heterocycles. The van der Waals surface area contributed by atoms with Crippen molar-refractivity contribution in [2.75, 3.05) is 27.3 Å². The van der Waals surface area contributed by atoms with Crippen LogP contribution in [0.25, 0.3) is 0 Å². The number of methoxy groups -OCH3 is 2. The van der Waals surface area contributed by atoms with Gasteiger partial charge in [-0.1, -0.05) is 6.92 Å². The number of ether oxygens (including phenoxy) is 2. The summed E-state index contributed by atoms with van der Waals surface area (Å²) in [6, 6.07) is 1.05. The van der Waals surface area contributed by atoms with Gasteiger partial charge in [-0.2, -0.15) is 4.31 Å². The molecule has 1 fully saturated rings. The highest BCUT2D eigenvalue weighted by Crippen LogP contribution is 2.34. The number of hydrogen-bond acceptors (Lipinski definition) is 8. The molecule has 11 heteroatoms. The Kier molecular flexibility index (Phi) is 5.49. The fourth-order valence-corrected chi connectivity index (χ4v) is 5.64. The number of thiophene rings is 1. The quantitative estimate of drug-likeness (QED) is 0.725. The number of carboxylic acids is 1. The molecule has 1 aromatic rings. The van der Waals surface area contributed by atoms with Crippen molar-refractivity contribution in [2.24, 2.45) is 11.8 Å². The van der Waals surface area contributed by atoms with E-state index in [0.717, 1.165) is 24.6 Å². The van der Waals surface area contributed by atoms with Gasteiger partial charge in [-0.3, -0.25) is 4.79 Å². The molecular weight excluding hydrogens is 374 g/mol. The number of esters is 2. The second kappa shape index (κ2) is 7.10. The summed E-state index contributed by atoms with van der Waals surface area (Å²) in [5, 5.41) is 9.17. The largest absolute Gasteiger partial charge is 0.481 e. The van der Waals surface area contributed by atoms with E-state index in [-0.39, 0.29) is 33.7 Å². The summed E-state index contributed by atoms with van der Waals surface area (Å²) in [4.78, 5) is 34.1. The summed E-state index contributed by atoms with van der Waals surface area (Å²) in [7, 11) is -1.95. The van der Waals surface area contributed by atoms with Gasteiger partial charge in [-0.25, -0.2) is 18.0 Å². The van der Waals surface area contributed by atoms with E-state index >= 15 is 0 Å². The van der Waals surface area contributed by atoms with E-state index in [1.54, 1.807) is 6.92 Å². The smallest absolute Gasteiger partial charge is 0.349 e. The van der Waals surface area contributed by atoms with Gasteiger partial charge in [0.25, 0.3) is 0 Å². The van der Waals surface area contributed by atoms with Crippen molar-refractivity contribution in [2.45, 2.75) is 11.8 Å². The Hall–Kier alpha value is -1.98. The molecule has 0 radical (unpaired) electrons. The highest BCUT2D eigenvalue weighted by atomic mass is 32.2. The standard InChI is InChI=1S/C14H17NO8S2/c1-7-5-15(6-8(7)12(16)17)25(20,21)10-4-9(13(18)22-2)24-11(10)14(19)23-3/h4,7-8H,5-6H2,1-3H3,(H,16,17)/t7-,8-/m1/s1. The Labute approximate surface area is 148 Å². The molecule has 2 rings (SSSR count). The van der Waals surface area contributed by atoms with Gasteiger partial charge in [0.1, 0.15) is 14.6 Å². The van der Waals surface area contributed by atoms with Crippen LogP contribution in [0, 0.1) is 11.8 Å². The number of carboxylic acid groups (broad SMARTS) is 1. The second-order valence-electron chi connectivity index (χ2n) is 5.53. The minimum Gasteiger partial charge on any atom is -0.481 e. The average Bonchev–Trinajstić information content (AvgIpc) is 3.18. The molecule has 1 aliphatic heterocycles. The first-order chi connectivity index (χ1) is 11.6. The molecule has 2 heterocycles. The molecule has 0 saturated carbocycles. The van der Waals surface area contributed by atoms with Gasteiger partial charge in [-0.15, -0.1) is 11.3 Å². The Morgan fingerprint density at radius 3 is 2.28 bits per heavy atom. The fourth-order valence-electron chi connectivity index (χ4n) is 2.58. The van der Waals surface area contributed by atoms with Gasteiger partial charge < -0.3 is 14.6 Å². The van der Waals surface area contributed by atoms with E-state index in [1.165, 1.54) is 0 Å². The van der Waals surface area contributed by atoms with Crippen LogP contribution in [0.4, 0.5) is 0 Å². The number of nitrogens with zero attached hydrogens (tertiary/aromatic N) is 1. The van der Waals surface area contributed by atoms with Crippen molar-refractivity contribution in [3.05, 3.63) is 15.8 Å². The van der Waals surface area contributed by atoms with Crippen LogP contribution in [-0.4, -0.2) is 63.0 Å². The van der Waals surface area contributed by atoms with Crippen molar-refractivity contribution in [1.82, 2.24) is 4.31 Å². The van der Waals surface area contributed by atoms with Gasteiger partial charge in [-0.05, 0) is 12.0 Å². The Bertz CT molecular complexity index is 813. The van der Waals surface area contributed by atoms with Crippen molar-refractivity contribution < 1.29 is 37.4 Å². The van der Waals surface area contributed by atoms with E-state index in [0.29, 0.717) is 11.3 Å². The van der Waals surface area contributed by atoms with Crippen LogP contribution < -0.4 is 0 Å². The number of rotatable bonds is 5. The first-order valence-electron chi connectivity index (χ1n) is 7.16. The van der Waals surface area contributed by atoms with Crippen molar-refractivity contribution in [3.8, 4) is 0 Å². The van der Waals surface area contributed by atoms with E-state index in [4.69, 9.17) is 0 Å². The predicted octanol–water partition coefficient (Wildman–Crippen LogP) is 0.663. The lowest BCUT2D eigenvalue weighted by Crippen LogP contribution is -2.30. The lowest BCUT2D eigenvalue weighted by molar-refractivity contribution is -0.142. The molecule has 1 N–H and O–H groups in total. The average molecular weight is 391 g/mol. The molecule has 1 aliphatic rings. The summed E-state index contributed by atoms with van der Waals surface area (Å²) in [5.74, 6) is -3.99. The molecule has 0 bridgehead atoms. The maximum Gasteiger partial charge on any atom is 0.349 e. The van der Waals surface area contributed by atoms with Gasteiger partial charge >= 0.3 is 17.9 Å².